The fourth-order valence-electron chi connectivity index (χ4n) is 3.22. The van der Waals surface area contributed by atoms with Crippen molar-refractivity contribution in [1.29, 1.82) is 0 Å². The molecule has 2 aliphatic rings. The number of ketones is 1. The lowest BCUT2D eigenvalue weighted by molar-refractivity contribution is -0.121. The highest BCUT2D eigenvalue weighted by Gasteiger charge is 2.26. The lowest BCUT2D eigenvalue weighted by atomic mass is 9.76. The third-order valence-corrected chi connectivity index (χ3v) is 4.15. The van der Waals surface area contributed by atoms with E-state index in [0.717, 1.165) is 24.7 Å². The van der Waals surface area contributed by atoms with Gasteiger partial charge in [-0.15, -0.1) is 0 Å². The number of carbonyl (C=O) groups is 1. The average molecular weight is 194 g/mol. The van der Waals surface area contributed by atoms with E-state index in [4.69, 9.17) is 0 Å². The first kappa shape index (κ1) is 10.2. The molecule has 0 radical (unpaired) electrons. The largest absolute Gasteiger partial charge is 0.300 e. The van der Waals surface area contributed by atoms with E-state index in [1.54, 1.807) is 0 Å². The maximum absolute atomic E-state index is 11.2. The third kappa shape index (κ3) is 2.59. The van der Waals surface area contributed by atoms with Crippen molar-refractivity contribution < 1.29 is 4.79 Å². The van der Waals surface area contributed by atoms with Gasteiger partial charge in [-0.1, -0.05) is 38.5 Å². The molecule has 0 aromatic carbocycles. The Balaban J connectivity index is 1.83. The van der Waals surface area contributed by atoms with Crippen molar-refractivity contribution in [1.82, 2.24) is 0 Å². The first-order valence-electron chi connectivity index (χ1n) is 6.38. The molecule has 80 valence electrons. The molecule has 0 bridgehead atoms. The van der Waals surface area contributed by atoms with Crippen LogP contribution >= 0.6 is 0 Å². The van der Waals surface area contributed by atoms with Crippen LogP contribution in [0.4, 0.5) is 0 Å². The average Bonchev–Trinajstić information content (AvgIpc) is 2.47. The van der Waals surface area contributed by atoms with Crippen molar-refractivity contribution in [2.75, 3.05) is 0 Å². The normalized spacial score (nSPS) is 27.6. The summed E-state index contributed by atoms with van der Waals surface area (Å²) in [6.07, 6.45) is 12.8. The van der Waals surface area contributed by atoms with Gasteiger partial charge in [0.1, 0.15) is 5.78 Å². The molecule has 0 atom stereocenters. The van der Waals surface area contributed by atoms with Gasteiger partial charge < -0.3 is 0 Å². The predicted octanol–water partition coefficient (Wildman–Crippen LogP) is 3.72. The molecule has 0 aromatic rings. The minimum absolute atomic E-state index is 0.509. The summed E-state index contributed by atoms with van der Waals surface area (Å²) in [5.41, 5.74) is 0. The number of hydrogen-bond donors (Lipinski definition) is 0. The van der Waals surface area contributed by atoms with Gasteiger partial charge in [0.2, 0.25) is 0 Å². The Bertz CT molecular complexity index is 179. The Hall–Kier alpha value is -0.330. The van der Waals surface area contributed by atoms with Crippen LogP contribution in [0.15, 0.2) is 0 Å². The van der Waals surface area contributed by atoms with Gasteiger partial charge in [0.15, 0.2) is 0 Å². The van der Waals surface area contributed by atoms with E-state index >= 15 is 0 Å². The Morgan fingerprint density at radius 1 is 0.714 bits per heavy atom. The molecule has 0 amide bonds. The predicted molar refractivity (Wildman–Crippen MR) is 58.2 cm³/mol. The minimum Gasteiger partial charge on any atom is -0.300 e. The second-order valence-electron chi connectivity index (χ2n) is 5.13. The monoisotopic (exact) mass is 194 g/mol. The Labute approximate surface area is 87.3 Å². The zero-order valence-corrected chi connectivity index (χ0v) is 9.13. The fourth-order valence-corrected chi connectivity index (χ4v) is 3.22. The van der Waals surface area contributed by atoms with Crippen molar-refractivity contribution in [2.45, 2.75) is 64.2 Å². The summed E-state index contributed by atoms with van der Waals surface area (Å²) in [4.78, 5) is 11.2. The van der Waals surface area contributed by atoms with Crippen LogP contribution in [0.2, 0.25) is 0 Å². The van der Waals surface area contributed by atoms with Crippen LogP contribution in [0.3, 0.4) is 0 Å². The molecule has 0 N–H and O–H groups in total. The van der Waals surface area contributed by atoms with Crippen LogP contribution in [-0.2, 0) is 4.79 Å². The highest BCUT2D eigenvalue weighted by Crippen LogP contribution is 2.36. The number of Topliss-reactive ketones (excluding diaryl/α,β-unsaturated/α-hetero) is 1. The summed E-state index contributed by atoms with van der Waals surface area (Å²) in [7, 11) is 0. The zero-order valence-electron chi connectivity index (χ0n) is 9.13. The maximum Gasteiger partial charge on any atom is 0.132 e. The van der Waals surface area contributed by atoms with Crippen molar-refractivity contribution in [3.05, 3.63) is 0 Å². The van der Waals surface area contributed by atoms with Crippen molar-refractivity contribution >= 4 is 5.78 Å². The minimum atomic E-state index is 0.509. The van der Waals surface area contributed by atoms with E-state index in [1.807, 2.05) is 0 Å². The van der Waals surface area contributed by atoms with Gasteiger partial charge in [-0.25, -0.2) is 0 Å². The molecule has 0 heterocycles. The molecular weight excluding hydrogens is 172 g/mol. The highest BCUT2D eigenvalue weighted by molar-refractivity contribution is 5.79. The lowest BCUT2D eigenvalue weighted by Gasteiger charge is -2.28. The Morgan fingerprint density at radius 2 is 1.21 bits per heavy atom. The number of carbonyl (C=O) groups excluding carboxylic acids is 1. The van der Waals surface area contributed by atoms with E-state index in [9.17, 15) is 4.79 Å². The summed E-state index contributed by atoms with van der Waals surface area (Å²) >= 11 is 0. The second kappa shape index (κ2) is 4.95. The summed E-state index contributed by atoms with van der Waals surface area (Å²) in [5.74, 6) is 2.37. The maximum atomic E-state index is 11.2. The van der Waals surface area contributed by atoms with Crippen LogP contribution in [-0.4, -0.2) is 5.78 Å². The Morgan fingerprint density at radius 3 is 1.79 bits per heavy atom. The molecule has 1 nitrogen and oxygen atoms in total. The van der Waals surface area contributed by atoms with Gasteiger partial charge in [-0.05, 0) is 24.7 Å². The molecule has 0 aromatic heterocycles. The molecule has 1 heteroatoms. The van der Waals surface area contributed by atoms with Gasteiger partial charge in [-0.2, -0.15) is 0 Å². The van der Waals surface area contributed by atoms with Crippen molar-refractivity contribution in [2.24, 2.45) is 11.8 Å². The summed E-state index contributed by atoms with van der Waals surface area (Å²) in [5, 5.41) is 0. The first-order valence-corrected chi connectivity index (χ1v) is 6.38. The molecule has 2 saturated carbocycles. The van der Waals surface area contributed by atoms with Gasteiger partial charge >= 0.3 is 0 Å². The van der Waals surface area contributed by atoms with Crippen LogP contribution in [0, 0.1) is 11.8 Å². The van der Waals surface area contributed by atoms with Crippen molar-refractivity contribution in [3.63, 3.8) is 0 Å². The van der Waals surface area contributed by atoms with E-state index in [2.05, 4.69) is 0 Å². The van der Waals surface area contributed by atoms with Crippen LogP contribution in [0.1, 0.15) is 64.2 Å². The number of rotatable bonds is 1. The van der Waals surface area contributed by atoms with Crippen LogP contribution in [0.25, 0.3) is 0 Å². The molecular formula is C13H22O. The molecule has 2 fully saturated rings. The smallest absolute Gasteiger partial charge is 0.132 e. The summed E-state index contributed by atoms with van der Waals surface area (Å²) in [6, 6.07) is 0. The Kier molecular flexibility index (Phi) is 3.61. The molecule has 14 heavy (non-hydrogen) atoms. The molecule has 0 spiro atoms. The molecule has 0 saturated heterocycles. The van der Waals surface area contributed by atoms with Gasteiger partial charge in [0.05, 0.1) is 0 Å². The lowest BCUT2D eigenvalue weighted by Crippen LogP contribution is -2.21. The zero-order chi connectivity index (χ0) is 9.80. The molecule has 0 aliphatic heterocycles. The van der Waals surface area contributed by atoms with Gasteiger partial charge in [-0.3, -0.25) is 4.79 Å². The van der Waals surface area contributed by atoms with E-state index in [1.165, 1.54) is 51.4 Å². The number of hydrogen-bond acceptors (Lipinski definition) is 1. The SMILES string of the molecule is O=C1CCC(C2CCCCCC2)CC1. The van der Waals surface area contributed by atoms with E-state index in [0.29, 0.717) is 5.78 Å². The first-order chi connectivity index (χ1) is 6.86. The van der Waals surface area contributed by atoms with E-state index in [-0.39, 0.29) is 0 Å². The van der Waals surface area contributed by atoms with Crippen LogP contribution < -0.4 is 0 Å². The van der Waals surface area contributed by atoms with E-state index < -0.39 is 0 Å². The second-order valence-corrected chi connectivity index (χ2v) is 5.13. The van der Waals surface area contributed by atoms with Gasteiger partial charge in [0.25, 0.3) is 0 Å². The standard InChI is InChI=1S/C13H22O/c14-13-9-7-12(8-10-13)11-5-3-1-2-4-6-11/h11-12H,1-10H2. The highest BCUT2D eigenvalue weighted by atomic mass is 16.1. The molecule has 2 aliphatic carbocycles. The quantitative estimate of drug-likeness (QED) is 0.581. The van der Waals surface area contributed by atoms with Gasteiger partial charge in [0, 0.05) is 12.8 Å². The van der Waals surface area contributed by atoms with Crippen molar-refractivity contribution in [3.8, 4) is 0 Å². The summed E-state index contributed by atoms with van der Waals surface area (Å²) in [6.45, 7) is 0. The van der Waals surface area contributed by atoms with Crippen LogP contribution in [0.5, 0.6) is 0 Å². The topological polar surface area (TPSA) is 17.1 Å². The molecule has 0 unspecified atom stereocenters. The third-order valence-electron chi connectivity index (χ3n) is 4.15. The summed E-state index contributed by atoms with van der Waals surface area (Å²) < 4.78 is 0. The molecule has 2 rings (SSSR count). The fraction of sp³-hybridized carbons (Fsp3) is 0.923.